The van der Waals surface area contributed by atoms with Crippen molar-refractivity contribution in [2.75, 3.05) is 11.9 Å². The maximum atomic E-state index is 11.9. The third-order valence-corrected chi connectivity index (χ3v) is 3.43. The fraction of sp³-hybridized carbons (Fsp3) is 0.0667. The van der Waals surface area contributed by atoms with Crippen LogP contribution in [0.15, 0.2) is 53.0 Å². The first-order chi connectivity index (χ1) is 11.2. The van der Waals surface area contributed by atoms with Crippen LogP contribution >= 0.6 is 15.9 Å². The van der Waals surface area contributed by atoms with Crippen molar-refractivity contribution in [3.8, 4) is 17.1 Å². The zero-order chi connectivity index (χ0) is 16.1. The summed E-state index contributed by atoms with van der Waals surface area (Å²) in [5, 5.41) is 16.4. The van der Waals surface area contributed by atoms with E-state index in [9.17, 15) is 4.79 Å². The molecule has 0 atom stereocenters. The van der Waals surface area contributed by atoms with Gasteiger partial charge >= 0.3 is 0 Å². The summed E-state index contributed by atoms with van der Waals surface area (Å²) in [6.45, 7) is -0.0664. The molecule has 0 aliphatic heterocycles. The van der Waals surface area contributed by atoms with E-state index in [1.54, 1.807) is 36.4 Å². The number of carbonyl (C=O) groups excluding carboxylic acids is 1. The van der Waals surface area contributed by atoms with Crippen LogP contribution in [-0.2, 0) is 4.79 Å². The SMILES string of the molecule is O=C(COc1cccc(Br)c1)Nc1ccc(-c2nn[nH]n2)cc1. The molecular formula is C15H12BrN5O2. The Bertz CT molecular complexity index is 790. The second kappa shape index (κ2) is 7.01. The number of amides is 1. The van der Waals surface area contributed by atoms with Crippen LogP contribution in [0.1, 0.15) is 0 Å². The first kappa shape index (κ1) is 15.2. The van der Waals surface area contributed by atoms with Gasteiger partial charge in [0.2, 0.25) is 5.82 Å². The van der Waals surface area contributed by atoms with Gasteiger partial charge in [-0.25, -0.2) is 0 Å². The Morgan fingerprint density at radius 3 is 2.74 bits per heavy atom. The highest BCUT2D eigenvalue weighted by atomic mass is 79.9. The van der Waals surface area contributed by atoms with Gasteiger partial charge in [-0.2, -0.15) is 5.21 Å². The molecule has 3 rings (SSSR count). The second-order valence-corrected chi connectivity index (χ2v) is 5.52. The van der Waals surface area contributed by atoms with E-state index in [2.05, 4.69) is 41.9 Å². The van der Waals surface area contributed by atoms with Gasteiger partial charge in [-0.15, -0.1) is 10.2 Å². The lowest BCUT2D eigenvalue weighted by Gasteiger charge is -2.08. The van der Waals surface area contributed by atoms with Crippen LogP contribution in [0.2, 0.25) is 0 Å². The molecule has 8 heteroatoms. The van der Waals surface area contributed by atoms with Gasteiger partial charge in [-0.1, -0.05) is 22.0 Å². The van der Waals surface area contributed by atoms with Crippen LogP contribution < -0.4 is 10.1 Å². The average Bonchev–Trinajstić information content (AvgIpc) is 3.08. The van der Waals surface area contributed by atoms with Crippen molar-refractivity contribution in [3.05, 3.63) is 53.0 Å². The van der Waals surface area contributed by atoms with Crippen molar-refractivity contribution in [3.63, 3.8) is 0 Å². The number of halogens is 1. The molecule has 0 radical (unpaired) electrons. The van der Waals surface area contributed by atoms with E-state index in [1.165, 1.54) is 0 Å². The van der Waals surface area contributed by atoms with E-state index < -0.39 is 0 Å². The van der Waals surface area contributed by atoms with Gasteiger partial charge in [0, 0.05) is 15.7 Å². The second-order valence-electron chi connectivity index (χ2n) is 4.61. The lowest BCUT2D eigenvalue weighted by atomic mass is 10.2. The Morgan fingerprint density at radius 2 is 2.04 bits per heavy atom. The van der Waals surface area contributed by atoms with Crippen molar-refractivity contribution < 1.29 is 9.53 Å². The van der Waals surface area contributed by atoms with Crippen molar-refractivity contribution in [1.82, 2.24) is 20.6 Å². The third-order valence-electron chi connectivity index (χ3n) is 2.94. The molecule has 116 valence electrons. The third kappa shape index (κ3) is 4.13. The van der Waals surface area contributed by atoms with Gasteiger partial charge in [0.25, 0.3) is 5.91 Å². The number of ether oxygens (including phenoxy) is 1. The van der Waals surface area contributed by atoms with Crippen LogP contribution in [0.5, 0.6) is 5.75 Å². The van der Waals surface area contributed by atoms with Crippen LogP contribution in [-0.4, -0.2) is 33.1 Å². The van der Waals surface area contributed by atoms with Crippen molar-refractivity contribution in [2.24, 2.45) is 0 Å². The monoisotopic (exact) mass is 373 g/mol. The molecule has 0 unspecified atom stereocenters. The summed E-state index contributed by atoms with van der Waals surface area (Å²) in [6.07, 6.45) is 0. The standard InChI is InChI=1S/C15H12BrN5O2/c16-11-2-1-3-13(8-11)23-9-14(22)17-12-6-4-10(5-7-12)15-18-20-21-19-15/h1-8H,9H2,(H,17,22)(H,18,19,20,21). The predicted molar refractivity (Wildman–Crippen MR) is 87.9 cm³/mol. The molecule has 7 nitrogen and oxygen atoms in total. The number of anilines is 1. The topological polar surface area (TPSA) is 92.8 Å². The molecule has 0 aliphatic rings. The normalized spacial score (nSPS) is 10.3. The highest BCUT2D eigenvalue weighted by Crippen LogP contribution is 2.18. The number of rotatable bonds is 5. The van der Waals surface area contributed by atoms with Crippen molar-refractivity contribution in [1.29, 1.82) is 0 Å². The molecule has 1 aromatic heterocycles. The largest absolute Gasteiger partial charge is 0.484 e. The fourth-order valence-electron chi connectivity index (χ4n) is 1.89. The number of tetrazole rings is 1. The number of H-pyrrole nitrogens is 1. The van der Waals surface area contributed by atoms with Crippen molar-refractivity contribution in [2.45, 2.75) is 0 Å². The number of hydrogen-bond acceptors (Lipinski definition) is 5. The van der Waals surface area contributed by atoms with E-state index in [1.807, 2.05) is 12.1 Å². The summed E-state index contributed by atoms with van der Waals surface area (Å²) >= 11 is 3.35. The quantitative estimate of drug-likeness (QED) is 0.716. The molecule has 0 fully saturated rings. The Hall–Kier alpha value is -2.74. The van der Waals surface area contributed by atoms with Crippen LogP contribution in [0.4, 0.5) is 5.69 Å². The van der Waals surface area contributed by atoms with Gasteiger partial charge in [-0.3, -0.25) is 4.79 Å². The summed E-state index contributed by atoms with van der Waals surface area (Å²) in [6, 6.07) is 14.5. The number of nitrogens with one attached hydrogen (secondary N) is 2. The minimum Gasteiger partial charge on any atom is -0.484 e. The molecule has 1 amide bonds. The lowest BCUT2D eigenvalue weighted by molar-refractivity contribution is -0.118. The molecule has 23 heavy (non-hydrogen) atoms. The summed E-state index contributed by atoms with van der Waals surface area (Å²) in [4.78, 5) is 11.9. The molecule has 0 bridgehead atoms. The fourth-order valence-corrected chi connectivity index (χ4v) is 2.27. The molecule has 1 heterocycles. The Morgan fingerprint density at radius 1 is 1.22 bits per heavy atom. The first-order valence-corrected chi connectivity index (χ1v) is 7.52. The van der Waals surface area contributed by atoms with Crippen molar-refractivity contribution >= 4 is 27.5 Å². The van der Waals surface area contributed by atoms with Crippen LogP contribution in [0.25, 0.3) is 11.4 Å². The van der Waals surface area contributed by atoms with Crippen LogP contribution in [0, 0.1) is 0 Å². The Kier molecular flexibility index (Phi) is 4.62. The minimum atomic E-state index is -0.239. The molecule has 3 aromatic rings. The number of hydrogen-bond donors (Lipinski definition) is 2. The highest BCUT2D eigenvalue weighted by molar-refractivity contribution is 9.10. The molecule has 0 saturated carbocycles. The van der Waals surface area contributed by atoms with Gasteiger partial charge in [0.05, 0.1) is 0 Å². The Labute approximate surface area is 140 Å². The summed E-state index contributed by atoms with van der Waals surface area (Å²) in [5.74, 6) is 0.889. The predicted octanol–water partition coefficient (Wildman–Crippen LogP) is 2.65. The van der Waals surface area contributed by atoms with Crippen LogP contribution in [0.3, 0.4) is 0 Å². The summed E-state index contributed by atoms with van der Waals surface area (Å²) in [5.41, 5.74) is 1.47. The van der Waals surface area contributed by atoms with E-state index in [0.29, 0.717) is 17.3 Å². The molecule has 0 aliphatic carbocycles. The first-order valence-electron chi connectivity index (χ1n) is 6.73. The van der Waals surface area contributed by atoms with Gasteiger partial charge in [0.15, 0.2) is 6.61 Å². The number of aromatic nitrogens is 4. The van der Waals surface area contributed by atoms with E-state index in [4.69, 9.17) is 4.74 Å². The smallest absolute Gasteiger partial charge is 0.262 e. The van der Waals surface area contributed by atoms with Gasteiger partial charge in [-0.05, 0) is 47.7 Å². The minimum absolute atomic E-state index is 0.0664. The van der Waals surface area contributed by atoms with E-state index in [0.717, 1.165) is 10.0 Å². The molecular weight excluding hydrogens is 362 g/mol. The highest BCUT2D eigenvalue weighted by Gasteiger charge is 2.06. The number of carbonyl (C=O) groups is 1. The Balaban J connectivity index is 1.55. The molecule has 0 spiro atoms. The molecule has 2 N–H and O–H groups in total. The summed E-state index contributed by atoms with van der Waals surface area (Å²) < 4.78 is 6.32. The lowest BCUT2D eigenvalue weighted by Crippen LogP contribution is -2.20. The average molecular weight is 374 g/mol. The van der Waals surface area contributed by atoms with Gasteiger partial charge in [0.1, 0.15) is 5.75 Å². The number of aromatic amines is 1. The number of nitrogens with zero attached hydrogens (tertiary/aromatic N) is 3. The maximum Gasteiger partial charge on any atom is 0.262 e. The maximum absolute atomic E-state index is 11.9. The molecule has 0 saturated heterocycles. The van der Waals surface area contributed by atoms with E-state index in [-0.39, 0.29) is 12.5 Å². The van der Waals surface area contributed by atoms with Gasteiger partial charge < -0.3 is 10.1 Å². The number of benzene rings is 2. The zero-order valence-corrected chi connectivity index (χ0v) is 13.4. The molecule has 2 aromatic carbocycles. The van der Waals surface area contributed by atoms with E-state index >= 15 is 0 Å². The zero-order valence-electron chi connectivity index (χ0n) is 11.9. The summed E-state index contributed by atoms with van der Waals surface area (Å²) in [7, 11) is 0.